The molecule has 28 heavy (non-hydrogen) atoms. The van der Waals surface area contributed by atoms with Gasteiger partial charge in [-0.3, -0.25) is 4.79 Å². The van der Waals surface area contributed by atoms with Crippen LogP contribution in [0.25, 0.3) is 0 Å². The van der Waals surface area contributed by atoms with Crippen molar-refractivity contribution in [2.45, 2.75) is 17.7 Å². The fraction of sp³-hybridized carbons (Fsp3) is 0.143. The molecule has 1 amide bonds. The fourth-order valence-electron chi connectivity index (χ4n) is 2.62. The van der Waals surface area contributed by atoms with Crippen molar-refractivity contribution < 1.29 is 18.3 Å². The van der Waals surface area contributed by atoms with Crippen LogP contribution in [0, 0.1) is 0 Å². The molecular formula is C21H18F2N2O2S. The highest BCUT2D eigenvalue weighted by atomic mass is 32.2. The third-order valence-electron chi connectivity index (χ3n) is 3.87. The molecule has 1 N–H and O–H groups in total. The van der Waals surface area contributed by atoms with Crippen LogP contribution in [-0.2, 0) is 4.79 Å². The first kappa shape index (κ1) is 19.8. The van der Waals surface area contributed by atoms with Crippen molar-refractivity contribution in [3.63, 3.8) is 0 Å². The van der Waals surface area contributed by atoms with Crippen molar-refractivity contribution in [1.29, 1.82) is 0 Å². The first-order chi connectivity index (χ1) is 13.6. The van der Waals surface area contributed by atoms with Crippen LogP contribution in [0.4, 0.5) is 8.78 Å². The number of nitrogens with zero attached hydrogens (tertiary/aromatic N) is 1. The summed E-state index contributed by atoms with van der Waals surface area (Å²) in [6.07, 6.45) is 1.68. The van der Waals surface area contributed by atoms with Gasteiger partial charge in [0.25, 0.3) is 0 Å². The number of carbonyl (C=O) groups is 1. The Kier molecular flexibility index (Phi) is 6.97. The molecule has 0 spiro atoms. The maximum absolute atomic E-state index is 12.5. The Morgan fingerprint density at radius 1 is 0.964 bits per heavy atom. The highest BCUT2D eigenvalue weighted by Gasteiger charge is 2.17. The molecule has 1 heterocycles. The van der Waals surface area contributed by atoms with Crippen LogP contribution in [0.1, 0.15) is 17.2 Å². The molecule has 144 valence electrons. The van der Waals surface area contributed by atoms with Crippen LogP contribution in [0.2, 0.25) is 0 Å². The number of thioether (sulfide) groups is 1. The van der Waals surface area contributed by atoms with Gasteiger partial charge in [0.15, 0.2) is 0 Å². The molecule has 0 aliphatic carbocycles. The second-order valence-electron chi connectivity index (χ2n) is 5.82. The van der Waals surface area contributed by atoms with Gasteiger partial charge in [-0.05, 0) is 35.4 Å². The predicted molar refractivity (Wildman–Crippen MR) is 104 cm³/mol. The number of aromatic nitrogens is 1. The molecule has 1 atom stereocenters. The Bertz CT molecular complexity index is 878. The second-order valence-corrected chi connectivity index (χ2v) is 6.81. The lowest BCUT2D eigenvalue weighted by Gasteiger charge is -2.20. The van der Waals surface area contributed by atoms with E-state index < -0.39 is 12.7 Å². The molecule has 1 aromatic heterocycles. The molecule has 0 fully saturated rings. The van der Waals surface area contributed by atoms with Crippen molar-refractivity contribution >= 4 is 17.7 Å². The van der Waals surface area contributed by atoms with Crippen molar-refractivity contribution in [2.24, 2.45) is 0 Å². The Morgan fingerprint density at radius 3 is 2.29 bits per heavy atom. The van der Waals surface area contributed by atoms with Crippen LogP contribution in [0.15, 0.2) is 84.0 Å². The summed E-state index contributed by atoms with van der Waals surface area (Å²) in [5, 5.41) is 3.77. The minimum absolute atomic E-state index is 0.0718. The van der Waals surface area contributed by atoms with E-state index in [1.807, 2.05) is 48.5 Å². The Hall–Kier alpha value is -2.93. The number of benzene rings is 2. The lowest BCUT2D eigenvalue weighted by Crippen LogP contribution is -2.30. The van der Waals surface area contributed by atoms with Crippen LogP contribution in [0.3, 0.4) is 0 Å². The number of amides is 1. The van der Waals surface area contributed by atoms with Gasteiger partial charge in [-0.15, -0.1) is 0 Å². The highest BCUT2D eigenvalue weighted by molar-refractivity contribution is 7.99. The molecule has 0 aliphatic rings. The minimum Gasteiger partial charge on any atom is -0.435 e. The largest absolute Gasteiger partial charge is 0.435 e. The van der Waals surface area contributed by atoms with Crippen molar-refractivity contribution in [3.8, 4) is 5.75 Å². The number of carbonyl (C=O) groups excluding carboxylic acids is 1. The number of nitrogens with one attached hydrogen (secondary N) is 1. The summed E-state index contributed by atoms with van der Waals surface area (Å²) in [5.74, 6) is 0.132. The van der Waals surface area contributed by atoms with Gasteiger partial charge in [-0.2, -0.15) is 8.78 Å². The maximum Gasteiger partial charge on any atom is 0.387 e. The summed E-state index contributed by atoms with van der Waals surface area (Å²) >= 11 is 1.34. The predicted octanol–water partition coefficient (Wildman–Crippen LogP) is 4.68. The van der Waals surface area contributed by atoms with E-state index in [1.54, 1.807) is 18.3 Å². The molecule has 0 saturated heterocycles. The lowest BCUT2D eigenvalue weighted by atomic mass is 9.98. The summed E-state index contributed by atoms with van der Waals surface area (Å²) in [7, 11) is 0. The quantitative estimate of drug-likeness (QED) is 0.558. The topological polar surface area (TPSA) is 51.2 Å². The Morgan fingerprint density at radius 2 is 1.64 bits per heavy atom. The average molecular weight is 400 g/mol. The lowest BCUT2D eigenvalue weighted by molar-refractivity contribution is -0.119. The van der Waals surface area contributed by atoms with Crippen molar-refractivity contribution in [3.05, 3.63) is 90.1 Å². The molecule has 7 heteroatoms. The van der Waals surface area contributed by atoms with E-state index in [4.69, 9.17) is 0 Å². The Balaban J connectivity index is 1.73. The average Bonchev–Trinajstić information content (AvgIpc) is 2.72. The van der Waals surface area contributed by atoms with Crippen LogP contribution >= 0.6 is 11.8 Å². The summed E-state index contributed by atoms with van der Waals surface area (Å²) in [4.78, 5) is 16.7. The third kappa shape index (κ3) is 5.79. The zero-order valence-corrected chi connectivity index (χ0v) is 15.6. The molecule has 0 radical (unpaired) electrons. The smallest absolute Gasteiger partial charge is 0.387 e. The zero-order chi connectivity index (χ0) is 19.8. The number of rotatable bonds is 8. The zero-order valence-electron chi connectivity index (χ0n) is 14.8. The third-order valence-corrected chi connectivity index (χ3v) is 4.81. The minimum atomic E-state index is -2.88. The van der Waals surface area contributed by atoms with Gasteiger partial charge in [0, 0.05) is 6.20 Å². The Labute approximate surface area is 166 Å². The van der Waals surface area contributed by atoms with E-state index in [1.165, 1.54) is 23.9 Å². The summed E-state index contributed by atoms with van der Waals surface area (Å²) in [5.41, 5.74) is 1.66. The molecule has 2 aromatic carbocycles. The van der Waals surface area contributed by atoms with Gasteiger partial charge >= 0.3 is 6.61 Å². The first-order valence-electron chi connectivity index (χ1n) is 8.55. The number of ether oxygens (including phenoxy) is 1. The molecule has 0 bridgehead atoms. The maximum atomic E-state index is 12.5. The van der Waals surface area contributed by atoms with Gasteiger partial charge in [0.2, 0.25) is 5.91 Å². The van der Waals surface area contributed by atoms with Crippen molar-refractivity contribution in [1.82, 2.24) is 10.3 Å². The molecular weight excluding hydrogens is 382 g/mol. The van der Waals surface area contributed by atoms with E-state index in [-0.39, 0.29) is 17.4 Å². The monoisotopic (exact) mass is 400 g/mol. The van der Waals surface area contributed by atoms with E-state index in [2.05, 4.69) is 15.0 Å². The van der Waals surface area contributed by atoms with Gasteiger partial charge in [0.1, 0.15) is 5.75 Å². The summed E-state index contributed by atoms with van der Waals surface area (Å²) in [6.45, 7) is -2.88. The molecule has 0 unspecified atom stereocenters. The van der Waals surface area contributed by atoms with Gasteiger partial charge < -0.3 is 10.1 Å². The normalized spacial score (nSPS) is 11.8. The number of halogens is 2. The van der Waals surface area contributed by atoms with E-state index in [0.29, 0.717) is 0 Å². The second kappa shape index (κ2) is 9.85. The highest BCUT2D eigenvalue weighted by Crippen LogP contribution is 2.25. The molecule has 3 rings (SSSR count). The number of pyridine rings is 1. The van der Waals surface area contributed by atoms with Gasteiger partial charge in [-0.25, -0.2) is 4.98 Å². The number of hydrogen-bond acceptors (Lipinski definition) is 4. The van der Waals surface area contributed by atoms with Crippen molar-refractivity contribution in [2.75, 3.05) is 5.75 Å². The van der Waals surface area contributed by atoms with Gasteiger partial charge in [0.05, 0.1) is 16.8 Å². The molecule has 0 saturated carbocycles. The van der Waals surface area contributed by atoms with E-state index in [0.717, 1.165) is 16.2 Å². The van der Waals surface area contributed by atoms with Crippen LogP contribution in [-0.4, -0.2) is 23.3 Å². The summed E-state index contributed by atoms with van der Waals surface area (Å²) < 4.78 is 29.1. The molecule has 3 aromatic rings. The standard InChI is InChI=1S/C21H18F2N2O2S/c22-21(23)27-17-11-9-16(10-12-17)20(15-6-2-1-3-7-15)25-18(26)14-28-19-8-4-5-13-24-19/h1-13,20-21H,14H2,(H,25,26)/t20-/m1/s1. The molecule has 0 aliphatic heterocycles. The first-order valence-corrected chi connectivity index (χ1v) is 9.53. The van der Waals surface area contributed by atoms with E-state index in [9.17, 15) is 13.6 Å². The number of alkyl halides is 2. The fourth-order valence-corrected chi connectivity index (χ4v) is 3.29. The number of hydrogen-bond donors (Lipinski definition) is 1. The summed E-state index contributed by atoms with van der Waals surface area (Å²) in [6, 6.07) is 20.8. The van der Waals surface area contributed by atoms with Crippen LogP contribution < -0.4 is 10.1 Å². The van der Waals surface area contributed by atoms with Gasteiger partial charge in [-0.1, -0.05) is 60.3 Å². The SMILES string of the molecule is O=C(CSc1ccccn1)N[C@H](c1ccccc1)c1ccc(OC(F)F)cc1. The molecule has 4 nitrogen and oxygen atoms in total. The van der Waals surface area contributed by atoms with Crippen LogP contribution in [0.5, 0.6) is 5.75 Å². The van der Waals surface area contributed by atoms with E-state index >= 15 is 0 Å².